The maximum atomic E-state index is 13.6. The molecule has 5 aromatic rings. The molecule has 11 nitrogen and oxygen atoms in total. The van der Waals surface area contributed by atoms with E-state index in [2.05, 4.69) is 39.8 Å². The number of hydrogen-bond donors (Lipinski definition) is 3. The van der Waals surface area contributed by atoms with Crippen LogP contribution in [0, 0.1) is 23.2 Å². The Bertz CT molecular complexity index is 2260. The quantitative estimate of drug-likeness (QED) is 0.132. The number of pyridine rings is 1. The molecule has 4 bridgehead atoms. The minimum absolute atomic E-state index is 0.00762. The molecule has 4 N–H and O–H groups in total. The number of carbonyl (C=O) groups is 2. The number of nitrogens with one attached hydrogen (secondary N) is 1. The number of aromatic carboxylic acids is 1. The van der Waals surface area contributed by atoms with Gasteiger partial charge in [0.1, 0.15) is 5.82 Å². The lowest BCUT2D eigenvalue weighted by Crippen LogP contribution is -2.64. The van der Waals surface area contributed by atoms with Gasteiger partial charge in [-0.1, -0.05) is 49.4 Å². The number of fused-ring (bicyclic) bond motifs is 2. The first kappa shape index (κ1) is 35.1. The van der Waals surface area contributed by atoms with Crippen molar-refractivity contribution in [2.45, 2.75) is 84.4 Å². The van der Waals surface area contributed by atoms with E-state index in [-0.39, 0.29) is 33.4 Å². The van der Waals surface area contributed by atoms with Crippen LogP contribution in [0.5, 0.6) is 0 Å². The normalized spacial score (nSPS) is 27.0. The lowest BCUT2D eigenvalue weighted by atomic mass is 9.39. The fraction of sp³-hybridized carbons (Fsp3) is 0.452. The van der Waals surface area contributed by atoms with Crippen molar-refractivity contribution < 1.29 is 19.4 Å². The van der Waals surface area contributed by atoms with Crippen LogP contribution >= 0.6 is 11.3 Å². The molecule has 4 heterocycles. The molecule has 0 saturated heterocycles. The number of carboxylic acids is 1. The van der Waals surface area contributed by atoms with Crippen LogP contribution in [-0.4, -0.2) is 62.0 Å². The van der Waals surface area contributed by atoms with Crippen molar-refractivity contribution in [1.29, 1.82) is 0 Å². The molecule has 1 aliphatic heterocycles. The van der Waals surface area contributed by atoms with Crippen molar-refractivity contribution in [3.05, 3.63) is 88.9 Å². The molecular weight excluding hydrogens is 699 g/mol. The minimum Gasteiger partial charge on any atom is -0.476 e. The Morgan fingerprint density at radius 3 is 2.52 bits per heavy atom. The van der Waals surface area contributed by atoms with Gasteiger partial charge in [-0.05, 0) is 110 Å². The van der Waals surface area contributed by atoms with E-state index in [9.17, 15) is 14.7 Å². The largest absolute Gasteiger partial charge is 0.476 e. The van der Waals surface area contributed by atoms with Crippen molar-refractivity contribution >= 4 is 44.4 Å². The summed E-state index contributed by atoms with van der Waals surface area (Å²) in [6.07, 6.45) is 9.17. The van der Waals surface area contributed by atoms with E-state index in [1.54, 1.807) is 6.20 Å². The predicted molar refractivity (Wildman–Crippen MR) is 210 cm³/mol. The molecule has 1 amide bonds. The molecule has 2 atom stereocenters. The molecule has 0 spiro atoms. The summed E-state index contributed by atoms with van der Waals surface area (Å²) in [5.74, 6) is -0.746. The Labute approximate surface area is 318 Å². The van der Waals surface area contributed by atoms with Gasteiger partial charge in [0.2, 0.25) is 0 Å². The van der Waals surface area contributed by atoms with Crippen molar-refractivity contribution in [2.24, 2.45) is 22.0 Å². The summed E-state index contributed by atoms with van der Waals surface area (Å²) in [4.78, 5) is 37.8. The van der Waals surface area contributed by atoms with Gasteiger partial charge in [0.05, 0.1) is 28.6 Å². The van der Waals surface area contributed by atoms with E-state index < -0.39 is 5.97 Å². The van der Waals surface area contributed by atoms with Crippen LogP contribution in [0.3, 0.4) is 0 Å². The summed E-state index contributed by atoms with van der Waals surface area (Å²) >= 11 is 1.44. The van der Waals surface area contributed by atoms with Crippen LogP contribution in [0.15, 0.2) is 60.8 Å². The molecule has 280 valence electrons. The zero-order valence-electron chi connectivity index (χ0n) is 31.2. The van der Waals surface area contributed by atoms with Crippen molar-refractivity contribution in [3.8, 4) is 11.1 Å². The minimum atomic E-state index is -1.09. The number of para-hydroxylation sites is 1. The zero-order valence-corrected chi connectivity index (χ0v) is 32.0. The van der Waals surface area contributed by atoms with Gasteiger partial charge in [-0.2, -0.15) is 5.10 Å². The van der Waals surface area contributed by atoms with Crippen LogP contribution in [0.4, 0.5) is 10.9 Å². The van der Waals surface area contributed by atoms with Gasteiger partial charge in [0.15, 0.2) is 10.8 Å². The molecule has 54 heavy (non-hydrogen) atoms. The number of rotatable bonds is 10. The average molecular weight is 746 g/mol. The smallest absolute Gasteiger partial charge is 0.355 e. The number of aromatic nitrogens is 4. The van der Waals surface area contributed by atoms with Gasteiger partial charge in [-0.25, -0.2) is 14.8 Å². The number of ether oxygens (including phenoxy) is 1. The molecule has 4 saturated carbocycles. The highest BCUT2D eigenvalue weighted by Crippen LogP contribution is 2.72. The summed E-state index contributed by atoms with van der Waals surface area (Å²) < 4.78 is 9.71. The first-order valence-electron chi connectivity index (χ1n) is 19.0. The Morgan fingerprint density at radius 1 is 0.963 bits per heavy atom. The number of nitrogens with zero attached hydrogens (tertiary/aromatic N) is 5. The third kappa shape index (κ3) is 6.08. The average Bonchev–Trinajstić information content (AvgIpc) is 3.70. The number of amides is 1. The topological polar surface area (TPSA) is 148 Å². The monoisotopic (exact) mass is 745 g/mol. The van der Waals surface area contributed by atoms with Crippen LogP contribution < -0.4 is 16.0 Å². The zero-order chi connectivity index (χ0) is 37.5. The number of nitrogens with two attached hydrogens (primary N) is 1. The van der Waals surface area contributed by atoms with Gasteiger partial charge >= 0.3 is 5.97 Å². The second-order valence-corrected chi connectivity index (χ2v) is 18.3. The number of hydrogen-bond acceptors (Lipinski definition) is 9. The SMILES string of the molecule is Cc1c(-c2ccc(N3CCc4cccc(C(=O)Nc5nc6ccccc6s5)c4C3)nc2C(=O)O)cnn1CC12CC3(C)CC(C)(C1)CC(OCCN)(C3)C2. The standard InChI is InChI=1S/C42H47N7O4S/c1-26-30(17-44-49(26)25-41-20-39(2)19-40(3,21-41)23-42(22-39,24-41)53-16-14-43)28-11-12-34(46-35(28)37(51)52)48-15-13-27-7-6-8-29(31(27)18-48)36(50)47-38-45-32-9-4-5-10-33(32)54-38/h4-12,17H,13-16,18-25,43H2,1-3H3,(H,51,52)(H,45,47,50). The van der Waals surface area contributed by atoms with Gasteiger partial charge in [-0.3, -0.25) is 14.8 Å². The summed E-state index contributed by atoms with van der Waals surface area (Å²) in [5, 5.41) is 18.9. The molecule has 10 rings (SSSR count). The van der Waals surface area contributed by atoms with Crippen molar-refractivity contribution in [3.63, 3.8) is 0 Å². The predicted octanol–water partition coefficient (Wildman–Crippen LogP) is 7.47. The molecular formula is C42H47N7O4S. The Hall–Kier alpha value is -4.65. The third-order valence-corrected chi connectivity index (χ3v) is 13.4. The van der Waals surface area contributed by atoms with E-state index >= 15 is 0 Å². The summed E-state index contributed by atoms with van der Waals surface area (Å²) in [6, 6.07) is 17.4. The highest BCUT2D eigenvalue weighted by atomic mass is 32.1. The van der Waals surface area contributed by atoms with Crippen molar-refractivity contribution in [2.75, 3.05) is 29.9 Å². The van der Waals surface area contributed by atoms with Crippen molar-refractivity contribution in [1.82, 2.24) is 19.7 Å². The summed E-state index contributed by atoms with van der Waals surface area (Å²) in [5.41, 5.74) is 11.9. The second-order valence-electron chi connectivity index (χ2n) is 17.2. The molecule has 0 radical (unpaired) electrons. The van der Waals surface area contributed by atoms with Gasteiger partial charge in [0.25, 0.3) is 5.91 Å². The lowest BCUT2D eigenvalue weighted by Gasteiger charge is -2.69. The fourth-order valence-electron chi connectivity index (χ4n) is 11.7. The van der Waals surface area contributed by atoms with Crippen LogP contribution in [0.1, 0.15) is 90.0 Å². The third-order valence-electron chi connectivity index (χ3n) is 12.5. The Kier molecular flexibility index (Phi) is 8.26. The Morgan fingerprint density at radius 2 is 1.76 bits per heavy atom. The van der Waals surface area contributed by atoms with Gasteiger partial charge < -0.3 is 20.5 Å². The molecule has 12 heteroatoms. The van der Waals surface area contributed by atoms with E-state index in [0.29, 0.717) is 54.7 Å². The highest BCUT2D eigenvalue weighted by Gasteiger charge is 2.66. The van der Waals surface area contributed by atoms with Gasteiger partial charge in [0, 0.05) is 48.6 Å². The molecule has 4 aliphatic carbocycles. The maximum Gasteiger partial charge on any atom is 0.355 e. The van der Waals surface area contributed by atoms with Crippen LogP contribution in [0.2, 0.25) is 0 Å². The van der Waals surface area contributed by atoms with Gasteiger partial charge in [-0.15, -0.1) is 0 Å². The van der Waals surface area contributed by atoms with Crippen LogP contribution in [-0.2, 0) is 24.2 Å². The van der Waals surface area contributed by atoms with E-state index in [0.717, 1.165) is 71.2 Å². The number of carboxylic acid groups (broad SMARTS) is 1. The summed E-state index contributed by atoms with van der Waals surface area (Å²) in [6.45, 7) is 9.87. The van der Waals surface area contributed by atoms with Crippen LogP contribution in [0.25, 0.3) is 21.3 Å². The fourth-order valence-corrected chi connectivity index (χ4v) is 12.6. The Balaban J connectivity index is 0.970. The van der Waals surface area contributed by atoms with E-state index in [1.807, 2.05) is 55.5 Å². The maximum absolute atomic E-state index is 13.6. The number of benzene rings is 2. The molecule has 3 aromatic heterocycles. The number of carbonyl (C=O) groups excluding carboxylic acids is 1. The first-order chi connectivity index (χ1) is 25.9. The second kappa shape index (κ2) is 12.7. The molecule has 4 fully saturated rings. The van der Waals surface area contributed by atoms with E-state index in [4.69, 9.17) is 20.6 Å². The first-order valence-corrected chi connectivity index (χ1v) is 19.8. The number of thiazole rings is 1. The highest BCUT2D eigenvalue weighted by molar-refractivity contribution is 7.22. The molecule has 5 aliphatic rings. The lowest BCUT2D eigenvalue weighted by molar-refractivity contribution is -0.247. The number of anilines is 2. The molecule has 2 unspecified atom stereocenters. The summed E-state index contributed by atoms with van der Waals surface area (Å²) in [7, 11) is 0. The van der Waals surface area contributed by atoms with E-state index in [1.165, 1.54) is 17.8 Å². The molecule has 2 aromatic carbocycles.